The second-order valence-electron chi connectivity index (χ2n) is 5.19. The quantitative estimate of drug-likeness (QED) is 0.907. The van der Waals surface area contributed by atoms with Crippen molar-refractivity contribution in [1.29, 1.82) is 5.26 Å². The van der Waals surface area contributed by atoms with Gasteiger partial charge in [0.1, 0.15) is 17.5 Å². The molecule has 1 heterocycles. The number of pyridine rings is 1. The lowest BCUT2D eigenvalue weighted by Gasteiger charge is -2.18. The number of rotatable bonds is 5. The Morgan fingerprint density at radius 1 is 1.12 bits per heavy atom. The zero-order valence-corrected chi connectivity index (χ0v) is 14.6. The van der Waals surface area contributed by atoms with Crippen LogP contribution in [0.3, 0.4) is 0 Å². The number of aryl methyl sites for hydroxylation is 1. The molecule has 0 bridgehead atoms. The SMILES string of the molecule is CCc1c(C)nc(N)c(C#N)c1-c1cc(OC)c(OC)c(OC)c1. The van der Waals surface area contributed by atoms with Gasteiger partial charge in [-0.15, -0.1) is 0 Å². The number of aromatic nitrogens is 1. The fourth-order valence-corrected chi connectivity index (χ4v) is 2.85. The Labute approximate surface area is 141 Å². The predicted molar refractivity (Wildman–Crippen MR) is 92.6 cm³/mol. The van der Waals surface area contributed by atoms with E-state index in [0.717, 1.165) is 28.8 Å². The van der Waals surface area contributed by atoms with Gasteiger partial charge in [-0.05, 0) is 36.6 Å². The van der Waals surface area contributed by atoms with Crippen LogP contribution in [0.15, 0.2) is 12.1 Å². The molecule has 6 nitrogen and oxygen atoms in total. The summed E-state index contributed by atoms with van der Waals surface area (Å²) in [4.78, 5) is 4.29. The molecule has 126 valence electrons. The minimum Gasteiger partial charge on any atom is -0.493 e. The van der Waals surface area contributed by atoms with Crippen molar-refractivity contribution in [2.75, 3.05) is 27.1 Å². The number of anilines is 1. The molecule has 0 aliphatic rings. The van der Waals surface area contributed by atoms with Gasteiger partial charge in [-0.2, -0.15) is 5.26 Å². The van der Waals surface area contributed by atoms with Crippen molar-refractivity contribution in [3.05, 3.63) is 29.0 Å². The molecule has 0 saturated carbocycles. The first kappa shape index (κ1) is 17.4. The Balaban J connectivity index is 2.89. The van der Waals surface area contributed by atoms with E-state index in [1.807, 2.05) is 26.0 Å². The lowest BCUT2D eigenvalue weighted by molar-refractivity contribution is 0.324. The summed E-state index contributed by atoms with van der Waals surface area (Å²) in [6, 6.07) is 5.80. The molecule has 6 heteroatoms. The van der Waals surface area contributed by atoms with E-state index in [4.69, 9.17) is 19.9 Å². The number of methoxy groups -OCH3 is 3. The van der Waals surface area contributed by atoms with Crippen molar-refractivity contribution in [3.63, 3.8) is 0 Å². The largest absolute Gasteiger partial charge is 0.493 e. The topological polar surface area (TPSA) is 90.4 Å². The summed E-state index contributed by atoms with van der Waals surface area (Å²) in [7, 11) is 4.66. The van der Waals surface area contributed by atoms with Gasteiger partial charge < -0.3 is 19.9 Å². The second-order valence-corrected chi connectivity index (χ2v) is 5.19. The van der Waals surface area contributed by atoms with Crippen molar-refractivity contribution >= 4 is 5.82 Å². The monoisotopic (exact) mass is 327 g/mol. The molecule has 1 aromatic carbocycles. The highest BCUT2D eigenvalue weighted by Crippen LogP contribution is 2.43. The molecule has 0 atom stereocenters. The molecular weight excluding hydrogens is 306 g/mol. The first-order valence-corrected chi connectivity index (χ1v) is 7.51. The Bertz CT molecular complexity index is 785. The van der Waals surface area contributed by atoms with Gasteiger partial charge in [0.05, 0.1) is 21.3 Å². The zero-order chi connectivity index (χ0) is 17.9. The number of benzene rings is 1. The van der Waals surface area contributed by atoms with Crippen LogP contribution in [-0.2, 0) is 6.42 Å². The van der Waals surface area contributed by atoms with Crippen molar-refractivity contribution in [2.24, 2.45) is 0 Å². The van der Waals surface area contributed by atoms with Crippen molar-refractivity contribution in [1.82, 2.24) is 4.98 Å². The minimum atomic E-state index is 0.218. The number of nitrogen functional groups attached to an aromatic ring is 1. The lowest BCUT2D eigenvalue weighted by Crippen LogP contribution is -2.05. The molecule has 0 saturated heterocycles. The summed E-state index contributed by atoms with van der Waals surface area (Å²) in [5.74, 6) is 1.76. The molecule has 0 aliphatic carbocycles. The minimum absolute atomic E-state index is 0.218. The van der Waals surface area contributed by atoms with E-state index in [9.17, 15) is 5.26 Å². The van der Waals surface area contributed by atoms with Gasteiger partial charge in [0.25, 0.3) is 0 Å². The standard InChI is InChI=1S/C18H21N3O3/c1-6-12-10(2)21-18(20)13(9-19)16(12)11-7-14(22-3)17(24-5)15(8-11)23-4/h7-8H,6H2,1-5H3,(H2,20,21). The molecule has 0 aliphatic heterocycles. The van der Waals surface area contributed by atoms with Crippen LogP contribution in [0.5, 0.6) is 17.2 Å². The molecule has 1 aromatic heterocycles. The summed E-state index contributed by atoms with van der Waals surface area (Å²) >= 11 is 0. The maximum atomic E-state index is 9.57. The second kappa shape index (κ2) is 7.09. The Morgan fingerprint density at radius 2 is 1.71 bits per heavy atom. The molecule has 24 heavy (non-hydrogen) atoms. The first-order chi connectivity index (χ1) is 11.5. The summed E-state index contributed by atoms with van der Waals surface area (Å²) in [6.45, 7) is 3.90. The number of nitrogens with zero attached hydrogens (tertiary/aromatic N) is 2. The smallest absolute Gasteiger partial charge is 0.203 e. The molecule has 2 aromatic rings. The summed E-state index contributed by atoms with van der Waals surface area (Å²) in [6.07, 6.45) is 0.722. The normalized spacial score (nSPS) is 10.2. The Kier molecular flexibility index (Phi) is 5.14. The van der Waals surface area contributed by atoms with Crippen LogP contribution in [0.4, 0.5) is 5.82 Å². The van der Waals surface area contributed by atoms with E-state index in [1.165, 1.54) is 0 Å². The van der Waals surface area contributed by atoms with E-state index in [0.29, 0.717) is 22.8 Å². The van der Waals surface area contributed by atoms with Gasteiger partial charge in [0, 0.05) is 11.3 Å². The molecule has 0 unspecified atom stereocenters. The van der Waals surface area contributed by atoms with Gasteiger partial charge in [0.15, 0.2) is 11.5 Å². The van der Waals surface area contributed by atoms with Crippen LogP contribution in [-0.4, -0.2) is 26.3 Å². The van der Waals surface area contributed by atoms with Gasteiger partial charge in [-0.1, -0.05) is 6.92 Å². The molecule has 2 rings (SSSR count). The van der Waals surface area contributed by atoms with Crippen LogP contribution in [0.25, 0.3) is 11.1 Å². The Hall–Kier alpha value is -2.94. The predicted octanol–water partition coefficient (Wildman–Crippen LogP) is 3.10. The number of hydrogen-bond donors (Lipinski definition) is 1. The summed E-state index contributed by atoms with van der Waals surface area (Å²) in [5.41, 5.74) is 9.62. The molecule has 0 radical (unpaired) electrons. The van der Waals surface area contributed by atoms with E-state index < -0.39 is 0 Å². The first-order valence-electron chi connectivity index (χ1n) is 7.51. The third-order valence-electron chi connectivity index (χ3n) is 3.95. The van der Waals surface area contributed by atoms with E-state index in [2.05, 4.69) is 11.1 Å². The van der Waals surface area contributed by atoms with Gasteiger partial charge in [-0.3, -0.25) is 0 Å². The van der Waals surface area contributed by atoms with Crippen LogP contribution >= 0.6 is 0 Å². The van der Waals surface area contributed by atoms with E-state index in [-0.39, 0.29) is 5.82 Å². The Morgan fingerprint density at radius 3 is 2.12 bits per heavy atom. The van der Waals surface area contributed by atoms with Crippen molar-refractivity contribution in [3.8, 4) is 34.4 Å². The zero-order valence-electron chi connectivity index (χ0n) is 14.6. The molecular formula is C18H21N3O3. The lowest BCUT2D eigenvalue weighted by atomic mass is 9.92. The number of ether oxygens (including phenoxy) is 3. The average molecular weight is 327 g/mol. The van der Waals surface area contributed by atoms with Crippen LogP contribution in [0.2, 0.25) is 0 Å². The summed E-state index contributed by atoms with van der Waals surface area (Å²) < 4.78 is 16.2. The third-order valence-corrected chi connectivity index (χ3v) is 3.95. The van der Waals surface area contributed by atoms with Gasteiger partial charge in [-0.25, -0.2) is 4.98 Å². The maximum Gasteiger partial charge on any atom is 0.203 e. The van der Waals surface area contributed by atoms with Crippen molar-refractivity contribution in [2.45, 2.75) is 20.3 Å². The highest BCUT2D eigenvalue weighted by atomic mass is 16.5. The number of hydrogen-bond acceptors (Lipinski definition) is 6. The van der Waals surface area contributed by atoms with E-state index >= 15 is 0 Å². The average Bonchev–Trinajstić information content (AvgIpc) is 2.59. The number of nitrogens with two attached hydrogens (primary N) is 1. The van der Waals surface area contributed by atoms with Gasteiger partial charge in [0.2, 0.25) is 5.75 Å². The van der Waals surface area contributed by atoms with Crippen LogP contribution < -0.4 is 19.9 Å². The fraction of sp³-hybridized carbons (Fsp3) is 0.333. The molecule has 0 fully saturated rings. The maximum absolute atomic E-state index is 9.57. The highest BCUT2D eigenvalue weighted by Gasteiger charge is 2.21. The van der Waals surface area contributed by atoms with Crippen molar-refractivity contribution < 1.29 is 14.2 Å². The summed E-state index contributed by atoms with van der Waals surface area (Å²) in [5, 5.41) is 9.57. The fourth-order valence-electron chi connectivity index (χ4n) is 2.85. The molecule has 2 N–H and O–H groups in total. The van der Waals surface area contributed by atoms with Crippen LogP contribution in [0, 0.1) is 18.3 Å². The van der Waals surface area contributed by atoms with Gasteiger partial charge >= 0.3 is 0 Å². The number of nitriles is 1. The van der Waals surface area contributed by atoms with E-state index in [1.54, 1.807) is 21.3 Å². The molecule has 0 spiro atoms. The molecule has 0 amide bonds. The third kappa shape index (κ3) is 2.81. The highest BCUT2D eigenvalue weighted by molar-refractivity contribution is 5.81. The van der Waals surface area contributed by atoms with Crippen LogP contribution in [0.1, 0.15) is 23.7 Å².